The molecule has 0 saturated carbocycles. The lowest BCUT2D eigenvalue weighted by molar-refractivity contribution is -0.255. The van der Waals surface area contributed by atoms with Gasteiger partial charge in [-0.2, -0.15) is 0 Å². The lowest BCUT2D eigenvalue weighted by Gasteiger charge is -2.17. The molecule has 3 aromatic carbocycles. The van der Waals surface area contributed by atoms with E-state index in [0.717, 1.165) is 23.0 Å². The first-order valence-corrected chi connectivity index (χ1v) is 11.3. The molecule has 8 heteroatoms. The number of fused-ring (bicyclic) bond motifs is 1. The van der Waals surface area contributed by atoms with Crippen LogP contribution in [-0.4, -0.2) is 22.1 Å². The van der Waals surface area contributed by atoms with Crippen LogP contribution >= 0.6 is 24.0 Å². The number of nitrogens with zero attached hydrogens (tertiary/aromatic N) is 2. The molecule has 3 aromatic rings. The zero-order valence-electron chi connectivity index (χ0n) is 17.1. The molecule has 1 saturated heterocycles. The van der Waals surface area contributed by atoms with Crippen LogP contribution in [-0.2, 0) is 16.1 Å². The Morgan fingerprint density at radius 3 is 2.39 bits per heavy atom. The van der Waals surface area contributed by atoms with Gasteiger partial charge in [-0.05, 0) is 29.3 Å². The van der Waals surface area contributed by atoms with Gasteiger partial charge in [0, 0.05) is 5.56 Å². The molecule has 2 aliphatic rings. The second-order valence-corrected chi connectivity index (χ2v) is 9.09. The molecule has 5 rings (SSSR count). The van der Waals surface area contributed by atoms with Crippen LogP contribution in [0.15, 0.2) is 83.8 Å². The average molecular weight is 472 g/mol. The van der Waals surface area contributed by atoms with Crippen LogP contribution in [0.2, 0.25) is 0 Å². The molecule has 162 valence electrons. The predicted octanol–water partition coefficient (Wildman–Crippen LogP) is 3.37. The van der Waals surface area contributed by atoms with Gasteiger partial charge in [-0.15, -0.1) is 0 Å². The number of rotatable bonds is 4. The van der Waals surface area contributed by atoms with Gasteiger partial charge in [0.2, 0.25) is 0 Å². The topological polar surface area (TPSA) is 80.7 Å². The minimum Gasteiger partial charge on any atom is -0.545 e. The summed E-state index contributed by atoms with van der Waals surface area (Å²) in [5.41, 5.74) is 2.92. The summed E-state index contributed by atoms with van der Waals surface area (Å²) in [5.74, 6) is -2.08. The number of carboxylic acids is 1. The van der Waals surface area contributed by atoms with E-state index in [1.165, 1.54) is 23.1 Å². The quantitative estimate of drug-likeness (QED) is 0.429. The molecule has 1 fully saturated rings. The minimum atomic E-state index is -1.35. The van der Waals surface area contributed by atoms with E-state index in [9.17, 15) is 19.5 Å². The smallest absolute Gasteiger partial charge is 0.271 e. The number of aromatic carboxylic acids is 1. The molecule has 0 unspecified atom stereocenters. The zero-order chi connectivity index (χ0) is 23.1. The van der Waals surface area contributed by atoms with E-state index in [0.29, 0.717) is 23.4 Å². The van der Waals surface area contributed by atoms with E-state index in [-0.39, 0.29) is 20.7 Å². The van der Waals surface area contributed by atoms with Gasteiger partial charge in [-0.1, -0.05) is 84.6 Å². The number of thiocarbonyl (C=S) groups is 1. The van der Waals surface area contributed by atoms with Crippen LogP contribution in [0.1, 0.15) is 21.5 Å². The van der Waals surface area contributed by atoms with Gasteiger partial charge in [-0.25, -0.2) is 0 Å². The monoisotopic (exact) mass is 471 g/mol. The number of hydrogen-bond donors (Lipinski definition) is 0. The third-order valence-corrected chi connectivity index (χ3v) is 6.82. The van der Waals surface area contributed by atoms with Crippen molar-refractivity contribution in [3.63, 3.8) is 0 Å². The van der Waals surface area contributed by atoms with Gasteiger partial charge in [0.15, 0.2) is 4.32 Å². The Morgan fingerprint density at radius 1 is 0.909 bits per heavy atom. The molecular formula is C25H15N2O4S2-. The molecule has 2 aliphatic heterocycles. The van der Waals surface area contributed by atoms with Crippen molar-refractivity contribution < 1.29 is 19.5 Å². The van der Waals surface area contributed by atoms with Gasteiger partial charge < -0.3 is 14.8 Å². The molecule has 0 N–H and O–H groups in total. The molecule has 0 radical (unpaired) electrons. The first kappa shape index (κ1) is 21.1. The maximum Gasteiger partial charge on any atom is 0.271 e. The Hall–Kier alpha value is -3.75. The molecule has 2 heterocycles. The van der Waals surface area contributed by atoms with E-state index < -0.39 is 11.9 Å². The Labute approximate surface area is 199 Å². The van der Waals surface area contributed by atoms with Crippen molar-refractivity contribution in [2.45, 2.75) is 6.54 Å². The van der Waals surface area contributed by atoms with Crippen LogP contribution in [0.3, 0.4) is 0 Å². The summed E-state index contributed by atoms with van der Waals surface area (Å²) in [4.78, 5) is 41.4. The number of para-hydroxylation sites is 1. The minimum absolute atomic E-state index is 0.0643. The standard InChI is InChI=1S/C25H16N2O4S2/c28-22-20(18-11-4-5-12-19(18)26(22)14-15-7-2-1-3-8-15)21-23(29)27(25(32)33-21)17-10-6-9-16(13-17)24(30)31/h1-13H,14H2,(H,30,31)/p-1. The number of anilines is 2. The number of carboxylic acid groups (broad SMARTS) is 1. The van der Waals surface area contributed by atoms with Crippen molar-refractivity contribution in [3.05, 3.63) is 100 Å². The normalized spacial score (nSPS) is 17.6. The highest BCUT2D eigenvalue weighted by Gasteiger charge is 2.42. The molecule has 2 amide bonds. The molecule has 0 atom stereocenters. The number of amides is 2. The highest BCUT2D eigenvalue weighted by molar-refractivity contribution is 8.27. The number of thioether (sulfide) groups is 1. The first-order valence-electron chi connectivity index (χ1n) is 10.0. The molecule has 6 nitrogen and oxygen atoms in total. The fourth-order valence-corrected chi connectivity index (χ4v) is 5.31. The number of carbonyl (C=O) groups is 3. The zero-order valence-corrected chi connectivity index (χ0v) is 18.7. The number of benzene rings is 3. The van der Waals surface area contributed by atoms with Crippen molar-refractivity contribution in [1.29, 1.82) is 0 Å². The van der Waals surface area contributed by atoms with E-state index in [1.807, 2.05) is 54.6 Å². The SMILES string of the molecule is O=C([O-])c1cccc(N2C(=O)C(=C3C(=O)N(Cc4ccccc4)c4ccccc43)SC2=S)c1. The summed E-state index contributed by atoms with van der Waals surface area (Å²) >= 11 is 6.48. The van der Waals surface area contributed by atoms with Crippen LogP contribution < -0.4 is 14.9 Å². The summed E-state index contributed by atoms with van der Waals surface area (Å²) in [6, 6.07) is 22.8. The highest BCUT2D eigenvalue weighted by Crippen LogP contribution is 2.46. The predicted molar refractivity (Wildman–Crippen MR) is 129 cm³/mol. The summed E-state index contributed by atoms with van der Waals surface area (Å²) < 4.78 is 0.227. The van der Waals surface area contributed by atoms with Gasteiger partial charge in [-0.3, -0.25) is 14.5 Å². The van der Waals surface area contributed by atoms with Crippen LogP contribution in [0, 0.1) is 0 Å². The van der Waals surface area contributed by atoms with Crippen LogP contribution in [0.5, 0.6) is 0 Å². The van der Waals surface area contributed by atoms with E-state index in [2.05, 4.69) is 0 Å². The van der Waals surface area contributed by atoms with Crippen molar-refractivity contribution in [1.82, 2.24) is 0 Å². The van der Waals surface area contributed by atoms with Crippen molar-refractivity contribution >= 4 is 63.0 Å². The molecular weight excluding hydrogens is 456 g/mol. The average Bonchev–Trinajstić information content (AvgIpc) is 3.26. The second-order valence-electron chi connectivity index (χ2n) is 7.44. The maximum absolute atomic E-state index is 13.5. The van der Waals surface area contributed by atoms with Gasteiger partial charge >= 0.3 is 0 Å². The van der Waals surface area contributed by atoms with E-state index >= 15 is 0 Å². The second kappa shape index (κ2) is 8.31. The molecule has 0 aliphatic carbocycles. The number of hydrogen-bond acceptors (Lipinski definition) is 6. The summed E-state index contributed by atoms with van der Waals surface area (Å²) in [6.45, 7) is 0.369. The van der Waals surface area contributed by atoms with Crippen molar-refractivity contribution in [2.75, 3.05) is 9.80 Å². The Bertz CT molecular complexity index is 1370. The molecule has 33 heavy (non-hydrogen) atoms. The van der Waals surface area contributed by atoms with Crippen molar-refractivity contribution in [2.24, 2.45) is 0 Å². The summed E-state index contributed by atoms with van der Waals surface area (Å²) in [7, 11) is 0. The first-order chi connectivity index (χ1) is 16.0. The van der Waals surface area contributed by atoms with Crippen LogP contribution in [0.25, 0.3) is 5.57 Å². The largest absolute Gasteiger partial charge is 0.545 e. The third kappa shape index (κ3) is 3.63. The fraction of sp³-hybridized carbons (Fsp3) is 0.0400. The Kier molecular flexibility index (Phi) is 5.32. The third-order valence-electron chi connectivity index (χ3n) is 5.44. The van der Waals surface area contributed by atoms with E-state index in [1.54, 1.807) is 11.0 Å². The summed E-state index contributed by atoms with van der Waals surface area (Å²) in [6.07, 6.45) is 0. The van der Waals surface area contributed by atoms with Gasteiger partial charge in [0.05, 0.1) is 34.4 Å². The lowest BCUT2D eigenvalue weighted by Crippen LogP contribution is -2.29. The summed E-state index contributed by atoms with van der Waals surface area (Å²) in [5, 5.41) is 11.3. The van der Waals surface area contributed by atoms with Crippen LogP contribution in [0.4, 0.5) is 11.4 Å². The Morgan fingerprint density at radius 2 is 1.64 bits per heavy atom. The van der Waals surface area contributed by atoms with E-state index in [4.69, 9.17) is 12.2 Å². The fourth-order valence-electron chi connectivity index (χ4n) is 3.94. The lowest BCUT2D eigenvalue weighted by atomic mass is 10.1. The number of carbonyl (C=O) groups excluding carboxylic acids is 3. The maximum atomic E-state index is 13.5. The Balaban J connectivity index is 1.57. The van der Waals surface area contributed by atoms with Gasteiger partial charge in [0.1, 0.15) is 0 Å². The highest BCUT2D eigenvalue weighted by atomic mass is 32.2. The molecule has 0 bridgehead atoms. The van der Waals surface area contributed by atoms with Crippen molar-refractivity contribution in [3.8, 4) is 0 Å². The van der Waals surface area contributed by atoms with Gasteiger partial charge in [0.25, 0.3) is 11.8 Å². The molecule has 0 aromatic heterocycles. The molecule has 0 spiro atoms.